The Bertz CT molecular complexity index is 359. The van der Waals surface area contributed by atoms with Crippen LogP contribution in [-0.2, 0) is 0 Å². The molecule has 0 radical (unpaired) electrons. The molecule has 1 spiro atoms. The summed E-state index contributed by atoms with van der Waals surface area (Å²) in [5.74, 6) is 0. The molecule has 3 nitrogen and oxygen atoms in total. The molecule has 2 fully saturated rings. The minimum Gasteiger partial charge on any atom is -0.371 e. The molecule has 116 valence electrons. The van der Waals surface area contributed by atoms with Gasteiger partial charge in [0.2, 0.25) is 0 Å². The average molecular weight is 341 g/mol. The Morgan fingerprint density at radius 2 is 1.45 bits per heavy atom. The van der Waals surface area contributed by atoms with Gasteiger partial charge in [-0.1, -0.05) is 0 Å². The van der Waals surface area contributed by atoms with Crippen molar-refractivity contribution in [1.82, 2.24) is 10.3 Å². The molecule has 20 heavy (non-hydrogen) atoms. The number of nitrogens with zero attached hydrogens (tertiary/aromatic N) is 2. The molecule has 1 N–H and O–H groups in total. The van der Waals surface area contributed by atoms with Crippen LogP contribution in [0.2, 0.25) is 0 Å². The lowest BCUT2D eigenvalue weighted by Crippen LogP contribution is -2.45. The largest absolute Gasteiger partial charge is 0.371 e. The molecule has 0 aliphatic carbocycles. The van der Waals surface area contributed by atoms with E-state index in [1.807, 2.05) is 12.4 Å². The Hall–Kier alpha value is -0.220. The fourth-order valence-corrected chi connectivity index (χ4v) is 3.25. The third-order valence-electron chi connectivity index (χ3n) is 4.52. The van der Waals surface area contributed by atoms with E-state index in [2.05, 4.69) is 27.3 Å². The average Bonchev–Trinajstić information content (AvgIpc) is 2.42. The van der Waals surface area contributed by atoms with Gasteiger partial charge in [-0.25, -0.2) is 0 Å². The van der Waals surface area contributed by atoms with E-state index in [-0.39, 0.29) is 37.2 Å². The number of anilines is 1. The van der Waals surface area contributed by atoms with E-state index in [9.17, 15) is 0 Å². The van der Waals surface area contributed by atoms with Crippen molar-refractivity contribution in [3.63, 3.8) is 0 Å². The van der Waals surface area contributed by atoms with Gasteiger partial charge >= 0.3 is 0 Å². The van der Waals surface area contributed by atoms with Gasteiger partial charge in [0.15, 0.2) is 0 Å². The lowest BCUT2D eigenvalue weighted by molar-refractivity contribution is 0.155. The lowest BCUT2D eigenvalue weighted by Gasteiger charge is -2.45. The first kappa shape index (κ1) is 19.8. The van der Waals surface area contributed by atoms with Gasteiger partial charge in [0.25, 0.3) is 0 Å². The maximum atomic E-state index is 4.09. The molecule has 0 unspecified atom stereocenters. The Morgan fingerprint density at radius 3 is 2.00 bits per heavy atom. The molecular weight excluding hydrogens is 317 g/mol. The summed E-state index contributed by atoms with van der Waals surface area (Å²) in [6.07, 6.45) is 9.25. The number of rotatable bonds is 1. The van der Waals surface area contributed by atoms with Crippen molar-refractivity contribution in [1.29, 1.82) is 0 Å². The van der Waals surface area contributed by atoms with Gasteiger partial charge in [-0.2, -0.15) is 0 Å². The molecule has 2 aliphatic heterocycles. The van der Waals surface area contributed by atoms with Crippen LogP contribution >= 0.6 is 37.2 Å². The van der Waals surface area contributed by atoms with E-state index in [1.54, 1.807) is 0 Å². The van der Waals surface area contributed by atoms with Crippen LogP contribution in [0.1, 0.15) is 25.7 Å². The van der Waals surface area contributed by atoms with Gasteiger partial charge in [0, 0.05) is 31.2 Å². The van der Waals surface area contributed by atoms with Crippen molar-refractivity contribution in [2.24, 2.45) is 5.41 Å². The van der Waals surface area contributed by atoms with E-state index in [1.165, 1.54) is 57.5 Å². The van der Waals surface area contributed by atoms with Crippen molar-refractivity contribution >= 4 is 42.9 Å². The molecule has 3 heterocycles. The second kappa shape index (κ2) is 8.93. The van der Waals surface area contributed by atoms with Crippen LogP contribution in [0.15, 0.2) is 24.5 Å². The summed E-state index contributed by atoms with van der Waals surface area (Å²) < 4.78 is 0. The van der Waals surface area contributed by atoms with E-state index >= 15 is 0 Å². The quantitative estimate of drug-likeness (QED) is 0.850. The molecule has 6 heteroatoms. The highest BCUT2D eigenvalue weighted by Gasteiger charge is 2.35. The summed E-state index contributed by atoms with van der Waals surface area (Å²) in [7, 11) is 0. The number of nitrogens with one attached hydrogen (secondary N) is 1. The van der Waals surface area contributed by atoms with Crippen LogP contribution < -0.4 is 10.2 Å². The predicted octanol–water partition coefficient (Wildman–Crippen LogP) is 3.32. The zero-order valence-corrected chi connectivity index (χ0v) is 14.0. The number of halogens is 3. The minimum absolute atomic E-state index is 0. The third kappa shape index (κ3) is 4.39. The van der Waals surface area contributed by atoms with Crippen molar-refractivity contribution in [3.05, 3.63) is 24.5 Å². The Balaban J connectivity index is 0.00000120. The smallest absolute Gasteiger partial charge is 0.0397 e. The van der Waals surface area contributed by atoms with E-state index in [0.29, 0.717) is 5.41 Å². The summed E-state index contributed by atoms with van der Waals surface area (Å²) in [5.41, 5.74) is 1.98. The van der Waals surface area contributed by atoms with Crippen molar-refractivity contribution in [3.8, 4) is 0 Å². The second-order valence-corrected chi connectivity index (χ2v) is 5.44. The number of hydrogen-bond donors (Lipinski definition) is 1. The van der Waals surface area contributed by atoms with Gasteiger partial charge in [-0.3, -0.25) is 4.98 Å². The zero-order chi connectivity index (χ0) is 11.6. The van der Waals surface area contributed by atoms with Crippen LogP contribution in [0.25, 0.3) is 0 Å². The molecule has 1 aromatic heterocycles. The molecular formula is C14H24Cl3N3. The van der Waals surface area contributed by atoms with E-state index < -0.39 is 0 Å². The lowest BCUT2D eigenvalue weighted by atomic mass is 9.71. The number of pyridine rings is 1. The molecule has 1 aromatic rings. The maximum absolute atomic E-state index is 4.09. The van der Waals surface area contributed by atoms with Crippen LogP contribution in [0.5, 0.6) is 0 Å². The summed E-state index contributed by atoms with van der Waals surface area (Å²) >= 11 is 0. The normalized spacial score (nSPS) is 20.3. The SMILES string of the molecule is Cl.Cl.Cl.c1cc(N2CCC3(CCNCC3)CC2)ccn1. The first-order valence-corrected chi connectivity index (χ1v) is 6.74. The highest BCUT2D eigenvalue weighted by molar-refractivity contribution is 5.86. The van der Waals surface area contributed by atoms with Crippen molar-refractivity contribution in [2.45, 2.75) is 25.7 Å². The van der Waals surface area contributed by atoms with E-state index in [4.69, 9.17) is 0 Å². The standard InChI is InChI=1S/C14H21N3.3ClH/c1-7-15-8-2-13(1)17-11-5-14(6-12-17)3-9-16-10-4-14;;;/h1-2,7-8,16H,3-6,9-12H2;3*1H. The van der Waals surface area contributed by atoms with Gasteiger partial charge in [-0.05, 0) is 56.3 Å². The van der Waals surface area contributed by atoms with Crippen LogP contribution in [0.3, 0.4) is 0 Å². The van der Waals surface area contributed by atoms with Gasteiger partial charge in [0.05, 0.1) is 0 Å². The predicted molar refractivity (Wildman–Crippen MR) is 92.0 cm³/mol. The minimum atomic E-state index is 0. The fourth-order valence-electron chi connectivity index (χ4n) is 3.25. The maximum Gasteiger partial charge on any atom is 0.0397 e. The summed E-state index contributed by atoms with van der Waals surface area (Å²) in [6, 6.07) is 4.25. The summed E-state index contributed by atoms with van der Waals surface area (Å²) in [4.78, 5) is 6.60. The monoisotopic (exact) mass is 339 g/mol. The molecule has 2 aliphatic rings. The topological polar surface area (TPSA) is 28.2 Å². The van der Waals surface area contributed by atoms with Crippen molar-refractivity contribution < 1.29 is 0 Å². The molecule has 0 amide bonds. The van der Waals surface area contributed by atoms with Crippen LogP contribution in [0, 0.1) is 5.41 Å². The van der Waals surface area contributed by atoms with Crippen LogP contribution in [-0.4, -0.2) is 31.2 Å². The van der Waals surface area contributed by atoms with E-state index in [0.717, 1.165) is 0 Å². The molecule has 3 rings (SSSR count). The number of hydrogen-bond acceptors (Lipinski definition) is 3. The Labute approximate surface area is 140 Å². The summed E-state index contributed by atoms with van der Waals surface area (Å²) in [6.45, 7) is 4.86. The Morgan fingerprint density at radius 1 is 0.900 bits per heavy atom. The zero-order valence-electron chi connectivity index (χ0n) is 11.6. The molecule has 0 aromatic carbocycles. The van der Waals surface area contributed by atoms with Crippen LogP contribution in [0.4, 0.5) is 5.69 Å². The molecule has 2 saturated heterocycles. The first-order chi connectivity index (χ1) is 8.38. The highest BCUT2D eigenvalue weighted by Crippen LogP contribution is 2.40. The van der Waals surface area contributed by atoms with Crippen molar-refractivity contribution in [2.75, 3.05) is 31.1 Å². The summed E-state index contributed by atoms with van der Waals surface area (Å²) in [5, 5.41) is 3.48. The van der Waals surface area contributed by atoms with Gasteiger partial charge in [0.1, 0.15) is 0 Å². The number of piperidine rings is 2. The molecule has 0 bridgehead atoms. The molecule has 0 saturated carbocycles. The third-order valence-corrected chi connectivity index (χ3v) is 4.52. The fraction of sp³-hybridized carbons (Fsp3) is 0.643. The van der Waals surface area contributed by atoms with Gasteiger partial charge in [-0.15, -0.1) is 37.2 Å². The first-order valence-electron chi connectivity index (χ1n) is 6.74. The number of aromatic nitrogens is 1. The Kier molecular flexibility index (Phi) is 8.83. The second-order valence-electron chi connectivity index (χ2n) is 5.44. The molecule has 0 atom stereocenters. The van der Waals surface area contributed by atoms with Gasteiger partial charge < -0.3 is 10.2 Å². The highest BCUT2D eigenvalue weighted by atomic mass is 35.5.